The van der Waals surface area contributed by atoms with E-state index < -0.39 is 0 Å². The number of carbonyl (C=O) groups is 2. The number of benzene rings is 2. The minimum Gasteiger partial charge on any atom is -0.301 e. The molecule has 12 nitrogen and oxygen atoms in total. The van der Waals surface area contributed by atoms with Gasteiger partial charge in [-0.05, 0) is 24.3 Å². The van der Waals surface area contributed by atoms with Crippen molar-refractivity contribution in [3.63, 3.8) is 0 Å². The minimum atomic E-state index is -0.294. The van der Waals surface area contributed by atoms with Gasteiger partial charge in [0.15, 0.2) is 20.6 Å². The molecule has 16 heteroatoms. The number of nitrogens with zero attached hydrogens (tertiary/aromatic N) is 6. The molecule has 0 aliphatic rings. The van der Waals surface area contributed by atoms with E-state index in [0.29, 0.717) is 42.4 Å². The molecule has 2 aromatic carbocycles. The second-order valence-corrected chi connectivity index (χ2v) is 12.8. The number of hydrogen-bond acceptors (Lipinski definition) is 12. The van der Waals surface area contributed by atoms with E-state index >= 15 is 0 Å². The maximum Gasteiger partial charge on any atom is 0.262 e. The van der Waals surface area contributed by atoms with Crippen LogP contribution < -0.4 is 21.8 Å². The monoisotopic (exact) mass is 662 g/mol. The highest BCUT2D eigenvalue weighted by molar-refractivity contribution is 8.00. The summed E-state index contributed by atoms with van der Waals surface area (Å²) in [5.74, 6) is -0.582. The number of amides is 2. The van der Waals surface area contributed by atoms with E-state index in [1.165, 1.54) is 31.8 Å². The number of nitrogens with one attached hydrogen (secondary N) is 2. The van der Waals surface area contributed by atoms with Crippen molar-refractivity contribution in [2.24, 2.45) is 0 Å². The molecule has 0 aliphatic heterocycles. The summed E-state index contributed by atoms with van der Waals surface area (Å²) < 4.78 is 2.93. The molecular formula is C28H22N8O4S4. The highest BCUT2D eigenvalue weighted by atomic mass is 32.2. The summed E-state index contributed by atoms with van der Waals surface area (Å²) >= 11 is 4.85. The molecule has 2 N–H and O–H groups in total. The molecule has 4 aromatic heterocycles. The molecule has 6 rings (SSSR count). The standard InChI is InChI=1S/C28H22N8O4S4/c37-21(33-25-29-9-13-41-25)15-43-27-31-19-7-3-1-5-17(19)23(39)35(27)11-12-36-24(40)18-6-2-4-8-20(18)32-28(36)44-16-22(38)34-26-30-10-14-42-26/h1-10,13-14H,11-12,15-16H2,(H,29,33,37)(H,30,34,38). The first kappa shape index (κ1) is 29.7. The molecule has 4 heterocycles. The van der Waals surface area contributed by atoms with Gasteiger partial charge < -0.3 is 10.6 Å². The number of aromatic nitrogens is 6. The lowest BCUT2D eigenvalue weighted by molar-refractivity contribution is -0.114. The molecular weight excluding hydrogens is 641 g/mol. The normalized spacial score (nSPS) is 11.2. The number of fused-ring (bicyclic) bond motifs is 2. The maximum atomic E-state index is 13.7. The van der Waals surface area contributed by atoms with Gasteiger partial charge in [-0.1, -0.05) is 47.8 Å². The predicted octanol–water partition coefficient (Wildman–Crippen LogP) is 4.18. The fraction of sp³-hybridized carbons (Fsp3) is 0.143. The smallest absolute Gasteiger partial charge is 0.262 e. The first-order valence-corrected chi connectivity index (χ1v) is 16.8. The van der Waals surface area contributed by atoms with Gasteiger partial charge >= 0.3 is 0 Å². The van der Waals surface area contributed by atoms with Gasteiger partial charge in [0.05, 0.1) is 33.3 Å². The first-order chi connectivity index (χ1) is 21.5. The molecule has 0 atom stereocenters. The zero-order chi connectivity index (χ0) is 30.5. The second-order valence-electron chi connectivity index (χ2n) is 9.08. The summed E-state index contributed by atoms with van der Waals surface area (Å²) in [6.45, 7) is 0.151. The molecule has 0 unspecified atom stereocenters. The van der Waals surface area contributed by atoms with Gasteiger partial charge in [0, 0.05) is 36.2 Å². The summed E-state index contributed by atoms with van der Waals surface area (Å²) in [7, 11) is 0. The van der Waals surface area contributed by atoms with E-state index in [1.54, 1.807) is 71.7 Å². The van der Waals surface area contributed by atoms with Crippen LogP contribution in [0.15, 0.2) is 91.6 Å². The Morgan fingerprint density at radius 2 is 1.11 bits per heavy atom. The third-order valence-electron chi connectivity index (χ3n) is 6.22. The average Bonchev–Trinajstić information content (AvgIpc) is 3.74. The molecule has 0 spiro atoms. The highest BCUT2D eigenvalue weighted by Crippen LogP contribution is 2.22. The molecule has 0 saturated carbocycles. The van der Waals surface area contributed by atoms with E-state index in [9.17, 15) is 19.2 Å². The Labute approximate surface area is 265 Å². The number of carbonyl (C=O) groups excluding carboxylic acids is 2. The number of thioether (sulfide) groups is 2. The van der Waals surface area contributed by atoms with Gasteiger partial charge in [-0.15, -0.1) is 22.7 Å². The second kappa shape index (κ2) is 13.5. The third-order valence-corrected chi connectivity index (χ3v) is 9.55. The van der Waals surface area contributed by atoms with Crippen molar-refractivity contribution in [3.8, 4) is 0 Å². The Morgan fingerprint density at radius 3 is 1.52 bits per heavy atom. The van der Waals surface area contributed by atoms with Crippen molar-refractivity contribution in [2.75, 3.05) is 22.1 Å². The lowest BCUT2D eigenvalue weighted by Gasteiger charge is -2.16. The van der Waals surface area contributed by atoms with Crippen molar-refractivity contribution >= 4 is 90.1 Å². The third kappa shape index (κ3) is 6.72. The lowest BCUT2D eigenvalue weighted by atomic mass is 10.2. The molecule has 0 bridgehead atoms. The number of para-hydroxylation sites is 2. The van der Waals surface area contributed by atoms with Crippen molar-refractivity contribution < 1.29 is 9.59 Å². The van der Waals surface area contributed by atoms with E-state index in [0.717, 1.165) is 23.5 Å². The van der Waals surface area contributed by atoms with Crippen LogP contribution in [-0.2, 0) is 22.7 Å². The highest BCUT2D eigenvalue weighted by Gasteiger charge is 2.17. The van der Waals surface area contributed by atoms with Crippen LogP contribution in [0.4, 0.5) is 10.3 Å². The van der Waals surface area contributed by atoms with Crippen molar-refractivity contribution in [1.82, 2.24) is 29.1 Å². The molecule has 0 saturated heterocycles. The van der Waals surface area contributed by atoms with Gasteiger partial charge in [-0.2, -0.15) is 0 Å². The molecule has 222 valence electrons. The zero-order valence-electron chi connectivity index (χ0n) is 22.7. The number of rotatable bonds is 11. The van der Waals surface area contributed by atoms with Crippen molar-refractivity contribution in [2.45, 2.75) is 23.4 Å². The summed E-state index contributed by atoms with van der Waals surface area (Å²) in [5, 5.41) is 11.4. The van der Waals surface area contributed by atoms with Gasteiger partial charge in [0.25, 0.3) is 11.1 Å². The van der Waals surface area contributed by atoms with Crippen LogP contribution in [0.25, 0.3) is 21.8 Å². The Hall–Kier alpha value is -4.38. The van der Waals surface area contributed by atoms with Crippen LogP contribution in [0.3, 0.4) is 0 Å². The van der Waals surface area contributed by atoms with Crippen LogP contribution in [0.2, 0.25) is 0 Å². The summed E-state index contributed by atoms with van der Waals surface area (Å²) in [6.07, 6.45) is 3.19. The fourth-order valence-corrected chi connectivity index (χ4v) is 6.99. The van der Waals surface area contributed by atoms with Crippen molar-refractivity contribution in [3.05, 3.63) is 92.4 Å². The Morgan fingerprint density at radius 1 is 0.682 bits per heavy atom. The number of anilines is 2. The molecule has 0 radical (unpaired) electrons. The Balaban J connectivity index is 1.29. The first-order valence-electron chi connectivity index (χ1n) is 13.1. The maximum absolute atomic E-state index is 13.7. The average molecular weight is 663 g/mol. The largest absolute Gasteiger partial charge is 0.301 e. The van der Waals surface area contributed by atoms with E-state index in [-0.39, 0.29) is 47.5 Å². The topological polar surface area (TPSA) is 154 Å². The molecule has 6 aromatic rings. The minimum absolute atomic E-state index is 0.00283. The summed E-state index contributed by atoms with van der Waals surface area (Å²) in [5.41, 5.74) is 0.418. The molecule has 0 fully saturated rings. The van der Waals surface area contributed by atoms with Crippen LogP contribution in [-0.4, -0.2) is 52.4 Å². The number of hydrogen-bond donors (Lipinski definition) is 2. The van der Waals surface area contributed by atoms with Gasteiger partial charge in [-0.3, -0.25) is 28.3 Å². The molecule has 2 amide bonds. The lowest BCUT2D eigenvalue weighted by Crippen LogP contribution is -2.30. The predicted molar refractivity (Wildman–Crippen MR) is 175 cm³/mol. The van der Waals surface area contributed by atoms with Crippen LogP contribution in [0.1, 0.15) is 0 Å². The van der Waals surface area contributed by atoms with Crippen LogP contribution >= 0.6 is 46.2 Å². The SMILES string of the molecule is O=C(CSc1nc2ccccc2c(=O)n1CCn1c(SCC(=O)Nc2nccs2)nc2ccccc2c1=O)Nc1nccs1. The summed E-state index contributed by atoms with van der Waals surface area (Å²) in [6, 6.07) is 14.0. The van der Waals surface area contributed by atoms with Gasteiger partial charge in [0.2, 0.25) is 11.8 Å². The van der Waals surface area contributed by atoms with E-state index in [1.807, 2.05) is 0 Å². The fourth-order valence-electron chi connectivity index (χ4n) is 4.25. The Bertz CT molecular complexity index is 1930. The van der Waals surface area contributed by atoms with Gasteiger partial charge in [0.1, 0.15) is 0 Å². The van der Waals surface area contributed by atoms with Gasteiger partial charge in [-0.25, -0.2) is 19.9 Å². The number of thiazole rings is 2. The molecule has 0 aliphatic carbocycles. The van der Waals surface area contributed by atoms with Crippen molar-refractivity contribution in [1.29, 1.82) is 0 Å². The quantitative estimate of drug-likeness (QED) is 0.153. The summed E-state index contributed by atoms with van der Waals surface area (Å²) in [4.78, 5) is 70.0. The molecule has 44 heavy (non-hydrogen) atoms. The van der Waals surface area contributed by atoms with Crippen LogP contribution in [0, 0.1) is 0 Å². The van der Waals surface area contributed by atoms with E-state index in [4.69, 9.17) is 0 Å². The van der Waals surface area contributed by atoms with Crippen LogP contribution in [0.5, 0.6) is 0 Å². The Kier molecular flexibility index (Phi) is 9.11. The zero-order valence-corrected chi connectivity index (χ0v) is 26.0. The van der Waals surface area contributed by atoms with E-state index in [2.05, 4.69) is 30.6 Å².